The van der Waals surface area contributed by atoms with E-state index in [9.17, 15) is 9.59 Å². The zero-order valence-electron chi connectivity index (χ0n) is 7.41. The first-order valence-corrected chi connectivity index (χ1v) is 4.02. The highest BCUT2D eigenvalue weighted by atomic mass is 16.4. The van der Waals surface area contributed by atoms with Gasteiger partial charge in [0.05, 0.1) is 11.6 Å². The average Bonchev–Trinajstić information content (AvgIpc) is 2.48. The predicted octanol–water partition coefficient (Wildman–Crippen LogP) is -0.0408. The van der Waals surface area contributed by atoms with Crippen molar-refractivity contribution in [3.63, 3.8) is 0 Å². The van der Waals surface area contributed by atoms with Crippen LogP contribution < -0.4 is 0 Å². The van der Waals surface area contributed by atoms with Crippen molar-refractivity contribution in [3.8, 4) is 0 Å². The maximum absolute atomic E-state index is 11.0. The van der Waals surface area contributed by atoms with Gasteiger partial charge in [-0.1, -0.05) is 0 Å². The molecule has 0 radical (unpaired) electrons. The minimum Gasteiger partial charge on any atom is -0.481 e. The maximum atomic E-state index is 11.0. The highest BCUT2D eigenvalue weighted by Gasteiger charge is 2.41. The van der Waals surface area contributed by atoms with E-state index in [2.05, 4.69) is 0 Å². The Hall–Kier alpha value is -1.39. The first-order chi connectivity index (χ1) is 5.99. The molecule has 1 atom stereocenters. The molecule has 1 saturated heterocycles. The molecule has 0 spiro atoms. The number of carboxylic acid groups (broad SMARTS) is 1. The minimum absolute atomic E-state index is 0.205. The van der Waals surface area contributed by atoms with Crippen LogP contribution in [0, 0.1) is 10.8 Å². The molecule has 1 rings (SSSR count). The van der Waals surface area contributed by atoms with Gasteiger partial charge in [-0.2, -0.15) is 0 Å². The Morgan fingerprint density at radius 2 is 2.23 bits per heavy atom. The van der Waals surface area contributed by atoms with Crippen LogP contribution in [0.5, 0.6) is 0 Å². The van der Waals surface area contributed by atoms with Crippen molar-refractivity contribution in [1.82, 2.24) is 4.90 Å². The fourth-order valence-corrected chi connectivity index (χ4v) is 1.42. The molecule has 1 fully saturated rings. The Morgan fingerprint density at radius 1 is 1.62 bits per heavy atom. The van der Waals surface area contributed by atoms with Gasteiger partial charge in [0, 0.05) is 13.1 Å². The molecule has 5 nitrogen and oxygen atoms in total. The summed E-state index contributed by atoms with van der Waals surface area (Å²) in [5, 5.41) is 15.6. The van der Waals surface area contributed by atoms with Gasteiger partial charge >= 0.3 is 5.97 Å². The topological polar surface area (TPSA) is 81.5 Å². The molecule has 0 aromatic rings. The number of amides is 1. The first kappa shape index (κ1) is 9.70. The number of carbonyl (C=O) groups is 2. The van der Waals surface area contributed by atoms with E-state index in [0.717, 1.165) is 0 Å². The molecule has 1 aliphatic heterocycles. The van der Waals surface area contributed by atoms with Crippen LogP contribution >= 0.6 is 0 Å². The predicted molar refractivity (Wildman–Crippen MR) is 45.7 cm³/mol. The van der Waals surface area contributed by atoms with Gasteiger partial charge in [0.1, 0.15) is 0 Å². The summed E-state index contributed by atoms with van der Waals surface area (Å²) < 4.78 is 0. The summed E-state index contributed by atoms with van der Waals surface area (Å²) in [6.07, 6.45) is 1.18. The SMILES string of the molecule is CC1(C(=O)O)CCN(C(=O)C=N)C1. The second-order valence-corrected chi connectivity index (χ2v) is 3.52. The van der Waals surface area contributed by atoms with Crippen LogP contribution in [0.1, 0.15) is 13.3 Å². The Bertz CT molecular complexity index is 264. The summed E-state index contributed by atoms with van der Waals surface area (Å²) in [5.74, 6) is -1.29. The van der Waals surface area contributed by atoms with Gasteiger partial charge in [-0.3, -0.25) is 9.59 Å². The molecule has 1 amide bonds. The zero-order chi connectivity index (χ0) is 10.1. The largest absolute Gasteiger partial charge is 0.481 e. The van der Waals surface area contributed by atoms with E-state index >= 15 is 0 Å². The molecule has 5 heteroatoms. The van der Waals surface area contributed by atoms with Gasteiger partial charge in [-0.05, 0) is 13.3 Å². The lowest BCUT2D eigenvalue weighted by Gasteiger charge is -2.18. The van der Waals surface area contributed by atoms with E-state index < -0.39 is 17.3 Å². The minimum atomic E-state index is -0.882. The normalized spacial score (nSPS) is 27.3. The fraction of sp³-hybridized carbons (Fsp3) is 0.625. The van der Waals surface area contributed by atoms with Crippen LogP contribution in [0.25, 0.3) is 0 Å². The van der Waals surface area contributed by atoms with Gasteiger partial charge in [0.15, 0.2) is 0 Å². The third-order valence-corrected chi connectivity index (χ3v) is 2.42. The number of carboxylic acids is 1. The van der Waals surface area contributed by atoms with Crippen molar-refractivity contribution in [2.75, 3.05) is 13.1 Å². The third-order valence-electron chi connectivity index (χ3n) is 2.42. The van der Waals surface area contributed by atoms with Gasteiger partial charge in [-0.15, -0.1) is 0 Å². The monoisotopic (exact) mass is 184 g/mol. The van der Waals surface area contributed by atoms with Crippen molar-refractivity contribution < 1.29 is 14.7 Å². The Labute approximate surface area is 75.9 Å². The van der Waals surface area contributed by atoms with E-state index in [-0.39, 0.29) is 6.54 Å². The summed E-state index contributed by atoms with van der Waals surface area (Å²) in [7, 11) is 0. The molecule has 0 aliphatic carbocycles. The molecule has 2 N–H and O–H groups in total. The summed E-state index contributed by atoms with van der Waals surface area (Å²) in [6, 6.07) is 0. The lowest BCUT2D eigenvalue weighted by Crippen LogP contribution is -2.35. The summed E-state index contributed by atoms with van der Waals surface area (Å²) in [4.78, 5) is 23.2. The van der Waals surface area contributed by atoms with Crippen molar-refractivity contribution in [3.05, 3.63) is 0 Å². The number of hydrogen-bond donors (Lipinski definition) is 2. The van der Waals surface area contributed by atoms with Gasteiger partial charge in [0.25, 0.3) is 5.91 Å². The summed E-state index contributed by atoms with van der Waals surface area (Å²) >= 11 is 0. The van der Waals surface area contributed by atoms with Crippen LogP contribution in [0.2, 0.25) is 0 Å². The fourth-order valence-electron chi connectivity index (χ4n) is 1.42. The standard InChI is InChI=1S/C8H12N2O3/c1-8(7(12)13)2-3-10(5-8)6(11)4-9/h4,9H,2-3,5H2,1H3,(H,12,13). The average molecular weight is 184 g/mol. The Balaban J connectivity index is 2.68. The molecular weight excluding hydrogens is 172 g/mol. The van der Waals surface area contributed by atoms with E-state index in [4.69, 9.17) is 10.5 Å². The quantitative estimate of drug-likeness (QED) is 0.591. The second kappa shape index (κ2) is 3.16. The molecule has 72 valence electrons. The van der Waals surface area contributed by atoms with E-state index in [0.29, 0.717) is 19.2 Å². The number of nitrogens with zero attached hydrogens (tertiary/aromatic N) is 1. The van der Waals surface area contributed by atoms with Crippen LogP contribution in [-0.2, 0) is 9.59 Å². The van der Waals surface area contributed by atoms with Crippen LogP contribution in [0.15, 0.2) is 0 Å². The Kier molecular flexibility index (Phi) is 2.36. The highest BCUT2D eigenvalue weighted by molar-refractivity contribution is 6.24. The first-order valence-electron chi connectivity index (χ1n) is 4.02. The maximum Gasteiger partial charge on any atom is 0.311 e. The summed E-state index contributed by atoms with van der Waals surface area (Å²) in [5.41, 5.74) is -0.835. The van der Waals surface area contributed by atoms with Crippen LogP contribution in [0.4, 0.5) is 0 Å². The van der Waals surface area contributed by atoms with E-state index in [1.165, 1.54) is 4.90 Å². The smallest absolute Gasteiger partial charge is 0.311 e. The Morgan fingerprint density at radius 3 is 2.62 bits per heavy atom. The highest BCUT2D eigenvalue weighted by Crippen LogP contribution is 2.29. The lowest BCUT2D eigenvalue weighted by molar-refractivity contribution is -0.147. The molecule has 0 bridgehead atoms. The van der Waals surface area contributed by atoms with Gasteiger partial charge in [-0.25, -0.2) is 0 Å². The van der Waals surface area contributed by atoms with Crippen LogP contribution in [-0.4, -0.2) is 41.2 Å². The number of carbonyl (C=O) groups excluding carboxylic acids is 1. The van der Waals surface area contributed by atoms with Crippen LogP contribution in [0.3, 0.4) is 0 Å². The van der Waals surface area contributed by atoms with E-state index in [1.54, 1.807) is 6.92 Å². The molecule has 0 saturated carbocycles. The number of nitrogens with one attached hydrogen (secondary N) is 1. The molecule has 0 aromatic carbocycles. The van der Waals surface area contributed by atoms with Crippen molar-refractivity contribution in [2.45, 2.75) is 13.3 Å². The summed E-state index contributed by atoms with van der Waals surface area (Å²) in [6.45, 7) is 2.25. The molecule has 1 unspecified atom stereocenters. The molecular formula is C8H12N2O3. The molecule has 13 heavy (non-hydrogen) atoms. The molecule has 1 aliphatic rings. The van der Waals surface area contributed by atoms with Crippen molar-refractivity contribution in [2.24, 2.45) is 5.41 Å². The number of rotatable bonds is 2. The molecule has 0 aromatic heterocycles. The van der Waals surface area contributed by atoms with Gasteiger partial charge < -0.3 is 15.4 Å². The number of aliphatic carboxylic acids is 1. The molecule has 1 heterocycles. The zero-order valence-corrected chi connectivity index (χ0v) is 7.41. The third kappa shape index (κ3) is 1.68. The van der Waals surface area contributed by atoms with Crippen molar-refractivity contribution >= 4 is 18.1 Å². The van der Waals surface area contributed by atoms with Crippen molar-refractivity contribution in [1.29, 1.82) is 5.41 Å². The number of likely N-dealkylation sites (tertiary alicyclic amines) is 1. The number of hydrogen-bond acceptors (Lipinski definition) is 3. The van der Waals surface area contributed by atoms with Gasteiger partial charge in [0.2, 0.25) is 0 Å². The second-order valence-electron chi connectivity index (χ2n) is 3.52. The van der Waals surface area contributed by atoms with E-state index in [1.807, 2.05) is 0 Å². The lowest BCUT2D eigenvalue weighted by atomic mass is 9.90.